The zero-order valence-corrected chi connectivity index (χ0v) is 11.6. The maximum Gasteiger partial charge on any atom is 0.110 e. The second kappa shape index (κ2) is 4.81. The highest BCUT2D eigenvalue weighted by atomic mass is 15.1. The number of hydrogen-bond acceptors (Lipinski definition) is 2. The van der Waals surface area contributed by atoms with E-state index in [2.05, 4.69) is 42.6 Å². The van der Waals surface area contributed by atoms with Crippen LogP contribution in [-0.2, 0) is 0 Å². The maximum atomic E-state index is 4.49. The van der Waals surface area contributed by atoms with Crippen molar-refractivity contribution in [2.75, 3.05) is 19.6 Å². The van der Waals surface area contributed by atoms with Crippen LogP contribution in [0, 0.1) is 12.3 Å². The van der Waals surface area contributed by atoms with Crippen molar-refractivity contribution in [2.24, 2.45) is 5.41 Å². The van der Waals surface area contributed by atoms with E-state index in [1.807, 2.05) is 6.20 Å². The number of piperidine rings is 1. The Labute approximate surface area is 105 Å². The number of likely N-dealkylation sites (tertiary alicyclic amines) is 1. The van der Waals surface area contributed by atoms with E-state index in [0.717, 1.165) is 6.54 Å². The second-order valence-electron chi connectivity index (χ2n) is 6.59. The lowest BCUT2D eigenvalue weighted by Gasteiger charge is -2.36. The van der Waals surface area contributed by atoms with Crippen molar-refractivity contribution in [1.29, 1.82) is 0 Å². The van der Waals surface area contributed by atoms with Crippen LogP contribution in [0.5, 0.6) is 0 Å². The first-order chi connectivity index (χ1) is 7.94. The topological polar surface area (TPSA) is 31.9 Å². The fraction of sp³-hybridized carbons (Fsp3) is 0.786. The van der Waals surface area contributed by atoms with Gasteiger partial charge in [-0.2, -0.15) is 0 Å². The number of nitrogens with one attached hydrogen (secondary N) is 1. The highest BCUT2D eigenvalue weighted by molar-refractivity contribution is 5.05. The molecule has 0 bridgehead atoms. The number of imidazole rings is 1. The summed E-state index contributed by atoms with van der Waals surface area (Å²) in [6.45, 7) is 12.6. The van der Waals surface area contributed by atoms with Gasteiger partial charge in [-0.1, -0.05) is 20.8 Å². The summed E-state index contributed by atoms with van der Waals surface area (Å²) in [5.41, 5.74) is 1.56. The standard InChI is InChI=1S/C14H25N3/c1-11-8-15-13(16-11)12-6-5-7-17(9-12)10-14(2,3)4/h8,12H,5-7,9-10H2,1-4H3,(H,15,16). The summed E-state index contributed by atoms with van der Waals surface area (Å²) in [4.78, 5) is 10.5. The molecule has 1 unspecified atom stereocenters. The molecule has 0 aromatic carbocycles. The number of hydrogen-bond donors (Lipinski definition) is 1. The molecule has 1 aromatic heterocycles. The Balaban J connectivity index is 1.97. The Morgan fingerprint density at radius 3 is 2.82 bits per heavy atom. The van der Waals surface area contributed by atoms with Crippen molar-refractivity contribution < 1.29 is 0 Å². The summed E-state index contributed by atoms with van der Waals surface area (Å²) in [6.07, 6.45) is 4.51. The molecule has 1 atom stereocenters. The van der Waals surface area contributed by atoms with Crippen LogP contribution in [0.1, 0.15) is 51.0 Å². The molecule has 3 heteroatoms. The van der Waals surface area contributed by atoms with E-state index in [4.69, 9.17) is 0 Å². The number of nitrogens with zero attached hydrogens (tertiary/aromatic N) is 2. The van der Waals surface area contributed by atoms with Crippen LogP contribution in [0.2, 0.25) is 0 Å². The molecular formula is C14H25N3. The molecule has 1 aliphatic rings. The van der Waals surface area contributed by atoms with E-state index >= 15 is 0 Å². The smallest absolute Gasteiger partial charge is 0.110 e. The molecule has 17 heavy (non-hydrogen) atoms. The number of H-pyrrole nitrogens is 1. The van der Waals surface area contributed by atoms with Gasteiger partial charge in [0.25, 0.3) is 0 Å². The first kappa shape index (κ1) is 12.6. The van der Waals surface area contributed by atoms with Gasteiger partial charge < -0.3 is 9.88 Å². The maximum absolute atomic E-state index is 4.49. The number of aromatic amines is 1. The molecule has 2 heterocycles. The van der Waals surface area contributed by atoms with Crippen LogP contribution in [-0.4, -0.2) is 34.5 Å². The van der Waals surface area contributed by atoms with Crippen LogP contribution >= 0.6 is 0 Å². The van der Waals surface area contributed by atoms with Gasteiger partial charge in [0.15, 0.2) is 0 Å². The van der Waals surface area contributed by atoms with Gasteiger partial charge in [-0.25, -0.2) is 4.98 Å². The summed E-state index contributed by atoms with van der Waals surface area (Å²) >= 11 is 0. The van der Waals surface area contributed by atoms with E-state index in [0.29, 0.717) is 11.3 Å². The molecule has 0 saturated carbocycles. The van der Waals surface area contributed by atoms with Gasteiger partial charge in [0.1, 0.15) is 5.82 Å². The van der Waals surface area contributed by atoms with Crippen molar-refractivity contribution in [1.82, 2.24) is 14.9 Å². The van der Waals surface area contributed by atoms with Crippen molar-refractivity contribution in [3.63, 3.8) is 0 Å². The van der Waals surface area contributed by atoms with Gasteiger partial charge in [-0.05, 0) is 31.7 Å². The lowest BCUT2D eigenvalue weighted by Crippen LogP contribution is -2.39. The third-order valence-corrected chi connectivity index (χ3v) is 3.31. The van der Waals surface area contributed by atoms with Gasteiger partial charge >= 0.3 is 0 Å². The van der Waals surface area contributed by atoms with E-state index in [1.165, 1.54) is 37.4 Å². The van der Waals surface area contributed by atoms with E-state index in [-0.39, 0.29) is 0 Å². The van der Waals surface area contributed by atoms with Gasteiger partial charge in [-0.15, -0.1) is 0 Å². The molecule has 0 radical (unpaired) electrons. The molecule has 96 valence electrons. The normalized spacial score (nSPS) is 22.9. The van der Waals surface area contributed by atoms with Crippen LogP contribution in [0.4, 0.5) is 0 Å². The number of aryl methyl sites for hydroxylation is 1. The highest BCUT2D eigenvalue weighted by Gasteiger charge is 2.25. The van der Waals surface area contributed by atoms with Gasteiger partial charge in [-0.3, -0.25) is 0 Å². The summed E-state index contributed by atoms with van der Waals surface area (Å²) < 4.78 is 0. The Kier molecular flexibility index (Phi) is 3.57. The molecule has 2 rings (SSSR count). The monoisotopic (exact) mass is 235 g/mol. The lowest BCUT2D eigenvalue weighted by atomic mass is 9.92. The minimum absolute atomic E-state index is 0.390. The SMILES string of the molecule is Cc1cnc(C2CCCN(CC(C)(C)C)C2)[nH]1. The fourth-order valence-electron chi connectivity index (χ4n) is 2.73. The molecule has 1 fully saturated rings. The van der Waals surface area contributed by atoms with Gasteiger partial charge in [0.05, 0.1) is 0 Å². The van der Waals surface area contributed by atoms with Crippen LogP contribution in [0.3, 0.4) is 0 Å². The second-order valence-corrected chi connectivity index (χ2v) is 6.59. The number of rotatable bonds is 2. The predicted octanol–water partition coefficient (Wildman–Crippen LogP) is 2.94. The minimum Gasteiger partial charge on any atom is -0.346 e. The summed E-state index contributed by atoms with van der Waals surface area (Å²) in [7, 11) is 0. The first-order valence-electron chi connectivity index (χ1n) is 6.68. The van der Waals surface area contributed by atoms with Crippen LogP contribution in [0.15, 0.2) is 6.20 Å². The van der Waals surface area contributed by atoms with Crippen LogP contribution in [0.25, 0.3) is 0 Å². The lowest BCUT2D eigenvalue weighted by molar-refractivity contribution is 0.149. The molecule has 3 nitrogen and oxygen atoms in total. The summed E-state index contributed by atoms with van der Waals surface area (Å²) in [5, 5.41) is 0. The average Bonchev–Trinajstić information content (AvgIpc) is 2.63. The van der Waals surface area contributed by atoms with Gasteiger partial charge in [0.2, 0.25) is 0 Å². The van der Waals surface area contributed by atoms with E-state index in [9.17, 15) is 0 Å². The first-order valence-corrected chi connectivity index (χ1v) is 6.68. The molecular weight excluding hydrogens is 210 g/mol. The fourth-order valence-corrected chi connectivity index (χ4v) is 2.73. The quantitative estimate of drug-likeness (QED) is 0.854. The Hall–Kier alpha value is -0.830. The molecule has 1 N–H and O–H groups in total. The Bertz CT molecular complexity index is 362. The zero-order valence-electron chi connectivity index (χ0n) is 11.6. The van der Waals surface area contributed by atoms with Gasteiger partial charge in [0, 0.05) is 30.9 Å². The summed E-state index contributed by atoms with van der Waals surface area (Å²) in [6, 6.07) is 0. The molecule has 0 aliphatic carbocycles. The minimum atomic E-state index is 0.390. The molecule has 1 aliphatic heterocycles. The Morgan fingerprint density at radius 2 is 2.24 bits per heavy atom. The van der Waals surface area contributed by atoms with E-state index in [1.54, 1.807) is 0 Å². The van der Waals surface area contributed by atoms with E-state index < -0.39 is 0 Å². The average molecular weight is 235 g/mol. The highest BCUT2D eigenvalue weighted by Crippen LogP contribution is 2.27. The zero-order chi connectivity index (χ0) is 12.5. The van der Waals surface area contributed by atoms with Crippen LogP contribution < -0.4 is 0 Å². The third-order valence-electron chi connectivity index (χ3n) is 3.31. The van der Waals surface area contributed by atoms with Crippen molar-refractivity contribution in [3.8, 4) is 0 Å². The van der Waals surface area contributed by atoms with Crippen molar-refractivity contribution >= 4 is 0 Å². The third kappa shape index (κ3) is 3.56. The number of aromatic nitrogens is 2. The predicted molar refractivity (Wildman–Crippen MR) is 71.2 cm³/mol. The van der Waals surface area contributed by atoms with Crippen molar-refractivity contribution in [3.05, 3.63) is 17.7 Å². The molecule has 1 saturated heterocycles. The largest absolute Gasteiger partial charge is 0.346 e. The summed E-state index contributed by atoms with van der Waals surface area (Å²) in [5.74, 6) is 1.78. The molecule has 1 aromatic rings. The molecule has 0 spiro atoms. The Morgan fingerprint density at radius 1 is 1.47 bits per heavy atom. The molecule has 0 amide bonds. The van der Waals surface area contributed by atoms with Crippen molar-refractivity contribution in [2.45, 2.75) is 46.5 Å².